The minimum absolute atomic E-state index is 0.206. The van der Waals surface area contributed by atoms with Crippen LogP contribution in [0, 0.1) is 0 Å². The Bertz CT molecular complexity index is 580. The number of carbonyl (C=O) groups excluding carboxylic acids is 2. The number of rotatable bonds is 5. The molecule has 2 amide bonds. The Morgan fingerprint density at radius 1 is 1.43 bits per heavy atom. The van der Waals surface area contributed by atoms with E-state index < -0.39 is 0 Å². The van der Waals surface area contributed by atoms with Crippen molar-refractivity contribution in [2.45, 2.75) is 25.9 Å². The van der Waals surface area contributed by atoms with Crippen molar-refractivity contribution in [3.05, 3.63) is 28.8 Å². The fourth-order valence-electron chi connectivity index (χ4n) is 2.64. The average molecular weight is 340 g/mol. The van der Waals surface area contributed by atoms with Gasteiger partial charge in [-0.15, -0.1) is 0 Å². The molecule has 0 aliphatic carbocycles. The molecule has 1 saturated heterocycles. The first kappa shape index (κ1) is 17.7. The SMILES string of the molecule is CC(=O)Nc1ccc(Cl)c(C(=O)NCCN2CCC[C@H](O)C2)c1. The van der Waals surface area contributed by atoms with Gasteiger partial charge in [0.25, 0.3) is 5.91 Å². The van der Waals surface area contributed by atoms with Gasteiger partial charge in [0.15, 0.2) is 0 Å². The molecule has 1 atom stereocenters. The van der Waals surface area contributed by atoms with E-state index in [1.165, 1.54) is 6.92 Å². The summed E-state index contributed by atoms with van der Waals surface area (Å²) in [5, 5.41) is 15.4. The molecule has 0 aromatic heterocycles. The molecule has 126 valence electrons. The molecule has 0 saturated carbocycles. The van der Waals surface area contributed by atoms with Gasteiger partial charge in [0.05, 0.1) is 16.7 Å². The van der Waals surface area contributed by atoms with Gasteiger partial charge in [-0.25, -0.2) is 0 Å². The van der Waals surface area contributed by atoms with Crippen molar-refractivity contribution in [3.8, 4) is 0 Å². The number of amides is 2. The maximum absolute atomic E-state index is 12.2. The van der Waals surface area contributed by atoms with Gasteiger partial charge < -0.3 is 15.7 Å². The summed E-state index contributed by atoms with van der Waals surface area (Å²) in [6, 6.07) is 4.79. The maximum atomic E-state index is 12.2. The van der Waals surface area contributed by atoms with E-state index in [-0.39, 0.29) is 17.9 Å². The Kier molecular flexibility index (Phi) is 6.38. The molecule has 0 radical (unpaired) electrons. The summed E-state index contributed by atoms with van der Waals surface area (Å²) >= 11 is 6.06. The second kappa shape index (κ2) is 8.29. The minimum atomic E-state index is -0.278. The number of hydrogen-bond donors (Lipinski definition) is 3. The molecule has 1 fully saturated rings. The second-order valence-corrected chi connectivity index (χ2v) is 6.14. The number of aliphatic hydroxyl groups excluding tert-OH is 1. The first-order chi connectivity index (χ1) is 11.0. The quantitative estimate of drug-likeness (QED) is 0.759. The average Bonchev–Trinajstić information content (AvgIpc) is 2.48. The molecule has 1 aliphatic heterocycles. The van der Waals surface area contributed by atoms with E-state index in [1.807, 2.05) is 0 Å². The number of likely N-dealkylation sites (tertiary alicyclic amines) is 1. The number of benzene rings is 1. The highest BCUT2D eigenvalue weighted by molar-refractivity contribution is 6.34. The number of aliphatic hydroxyl groups is 1. The number of piperidine rings is 1. The maximum Gasteiger partial charge on any atom is 0.252 e. The lowest BCUT2D eigenvalue weighted by molar-refractivity contribution is -0.114. The van der Waals surface area contributed by atoms with E-state index in [2.05, 4.69) is 15.5 Å². The van der Waals surface area contributed by atoms with Crippen molar-refractivity contribution < 1.29 is 14.7 Å². The summed E-state index contributed by atoms with van der Waals surface area (Å²) in [7, 11) is 0. The molecule has 6 nitrogen and oxygen atoms in total. The third-order valence-electron chi connectivity index (χ3n) is 3.73. The van der Waals surface area contributed by atoms with Crippen LogP contribution >= 0.6 is 11.6 Å². The van der Waals surface area contributed by atoms with Gasteiger partial charge in [0.1, 0.15) is 0 Å². The van der Waals surface area contributed by atoms with E-state index in [0.717, 1.165) is 19.4 Å². The van der Waals surface area contributed by atoms with E-state index in [4.69, 9.17) is 11.6 Å². The van der Waals surface area contributed by atoms with Gasteiger partial charge in [-0.1, -0.05) is 11.6 Å². The molecule has 1 aromatic carbocycles. The Balaban J connectivity index is 1.88. The zero-order chi connectivity index (χ0) is 16.8. The summed E-state index contributed by atoms with van der Waals surface area (Å²) in [4.78, 5) is 25.4. The highest BCUT2D eigenvalue weighted by Crippen LogP contribution is 2.20. The first-order valence-corrected chi connectivity index (χ1v) is 8.09. The van der Waals surface area contributed by atoms with Crippen LogP contribution in [0.1, 0.15) is 30.1 Å². The molecule has 0 unspecified atom stereocenters. The topological polar surface area (TPSA) is 81.7 Å². The number of carbonyl (C=O) groups is 2. The molecule has 0 bridgehead atoms. The van der Waals surface area contributed by atoms with E-state index in [9.17, 15) is 14.7 Å². The van der Waals surface area contributed by atoms with Gasteiger partial charge in [-0.05, 0) is 37.6 Å². The van der Waals surface area contributed by atoms with Crippen LogP contribution in [0.25, 0.3) is 0 Å². The summed E-state index contributed by atoms with van der Waals surface area (Å²) in [6.45, 7) is 4.15. The predicted molar refractivity (Wildman–Crippen MR) is 89.8 cm³/mol. The van der Waals surface area contributed by atoms with Gasteiger partial charge in [0, 0.05) is 32.2 Å². The Morgan fingerprint density at radius 2 is 2.22 bits per heavy atom. The van der Waals surface area contributed by atoms with Gasteiger partial charge in [-0.3, -0.25) is 14.5 Å². The smallest absolute Gasteiger partial charge is 0.252 e. The van der Waals surface area contributed by atoms with Crippen molar-refractivity contribution in [2.75, 3.05) is 31.5 Å². The van der Waals surface area contributed by atoms with Gasteiger partial charge >= 0.3 is 0 Å². The molecule has 0 spiro atoms. The van der Waals surface area contributed by atoms with Crippen molar-refractivity contribution in [1.82, 2.24) is 10.2 Å². The van der Waals surface area contributed by atoms with Crippen LogP contribution in [0.2, 0.25) is 5.02 Å². The van der Waals surface area contributed by atoms with Gasteiger partial charge in [0.2, 0.25) is 5.91 Å². The third kappa shape index (κ3) is 5.49. The van der Waals surface area contributed by atoms with E-state index in [0.29, 0.717) is 35.9 Å². The fourth-order valence-corrected chi connectivity index (χ4v) is 2.84. The molecule has 23 heavy (non-hydrogen) atoms. The van der Waals surface area contributed by atoms with Crippen molar-refractivity contribution in [3.63, 3.8) is 0 Å². The summed E-state index contributed by atoms with van der Waals surface area (Å²) in [6.07, 6.45) is 1.54. The summed E-state index contributed by atoms with van der Waals surface area (Å²) < 4.78 is 0. The minimum Gasteiger partial charge on any atom is -0.392 e. The van der Waals surface area contributed by atoms with Crippen molar-refractivity contribution in [2.24, 2.45) is 0 Å². The van der Waals surface area contributed by atoms with Crippen LogP contribution in [0.15, 0.2) is 18.2 Å². The molecule has 1 heterocycles. The molecular weight excluding hydrogens is 318 g/mol. The molecule has 3 N–H and O–H groups in total. The van der Waals surface area contributed by atoms with Crippen molar-refractivity contribution in [1.29, 1.82) is 0 Å². The zero-order valence-corrected chi connectivity index (χ0v) is 13.9. The number of nitrogens with one attached hydrogen (secondary N) is 2. The first-order valence-electron chi connectivity index (χ1n) is 7.71. The second-order valence-electron chi connectivity index (χ2n) is 5.73. The molecule has 1 aromatic rings. The standard InChI is InChI=1S/C16H22ClN3O3/c1-11(21)19-12-4-5-15(17)14(9-12)16(23)18-6-8-20-7-2-3-13(22)10-20/h4-5,9,13,22H,2-3,6-8,10H2,1H3,(H,18,23)(H,19,21)/t13-/m0/s1. The number of anilines is 1. The number of nitrogens with zero attached hydrogens (tertiary/aromatic N) is 1. The van der Waals surface area contributed by atoms with Crippen LogP contribution < -0.4 is 10.6 Å². The van der Waals surface area contributed by atoms with Crippen LogP contribution in [-0.4, -0.2) is 54.1 Å². The Morgan fingerprint density at radius 3 is 2.91 bits per heavy atom. The number of halogens is 1. The van der Waals surface area contributed by atoms with E-state index in [1.54, 1.807) is 18.2 Å². The normalized spacial score (nSPS) is 18.5. The number of hydrogen-bond acceptors (Lipinski definition) is 4. The lowest BCUT2D eigenvalue weighted by atomic mass is 10.1. The monoisotopic (exact) mass is 339 g/mol. The molecular formula is C16H22ClN3O3. The Hall–Kier alpha value is -1.63. The summed E-state index contributed by atoms with van der Waals surface area (Å²) in [5.41, 5.74) is 0.864. The lowest BCUT2D eigenvalue weighted by Crippen LogP contribution is -2.42. The predicted octanol–water partition coefficient (Wildman–Crippen LogP) is 1.48. The van der Waals surface area contributed by atoms with E-state index >= 15 is 0 Å². The van der Waals surface area contributed by atoms with Crippen LogP contribution in [0.4, 0.5) is 5.69 Å². The lowest BCUT2D eigenvalue weighted by Gasteiger charge is -2.29. The molecule has 2 rings (SSSR count). The fraction of sp³-hybridized carbons (Fsp3) is 0.500. The zero-order valence-electron chi connectivity index (χ0n) is 13.1. The highest BCUT2D eigenvalue weighted by Gasteiger charge is 2.17. The third-order valence-corrected chi connectivity index (χ3v) is 4.06. The van der Waals surface area contributed by atoms with Crippen molar-refractivity contribution >= 4 is 29.1 Å². The Labute approximate surface area is 140 Å². The van der Waals surface area contributed by atoms with Crippen LogP contribution in [0.5, 0.6) is 0 Å². The number of β-amino-alcohol motifs (C(OH)–C–C–N with tert-alkyl or cyclic N) is 1. The highest BCUT2D eigenvalue weighted by atomic mass is 35.5. The molecule has 7 heteroatoms. The van der Waals surface area contributed by atoms with Gasteiger partial charge in [-0.2, -0.15) is 0 Å². The summed E-state index contributed by atoms with van der Waals surface area (Å²) in [5.74, 6) is -0.484. The largest absolute Gasteiger partial charge is 0.392 e. The molecule has 1 aliphatic rings. The van der Waals surface area contributed by atoms with Crippen LogP contribution in [-0.2, 0) is 4.79 Å². The van der Waals surface area contributed by atoms with Crippen LogP contribution in [0.3, 0.4) is 0 Å².